The maximum Gasteiger partial charge on any atom is 0.324 e. The lowest BCUT2D eigenvalue weighted by molar-refractivity contribution is -0.151. The third-order valence-corrected chi connectivity index (χ3v) is 6.35. The molecule has 2 aliphatic rings. The number of hydrogen-bond donors (Lipinski definition) is 2. The minimum atomic E-state index is -4.23. The molecule has 0 bridgehead atoms. The lowest BCUT2D eigenvalue weighted by Crippen LogP contribution is -2.44. The van der Waals surface area contributed by atoms with Gasteiger partial charge in [0.05, 0.1) is 0 Å². The van der Waals surface area contributed by atoms with E-state index in [4.69, 9.17) is 4.74 Å². The van der Waals surface area contributed by atoms with Crippen molar-refractivity contribution >= 4 is 27.9 Å². The van der Waals surface area contributed by atoms with Crippen molar-refractivity contribution in [3.63, 3.8) is 0 Å². The largest absolute Gasteiger partial charge is 0.454 e. The van der Waals surface area contributed by atoms with Crippen LogP contribution in [0, 0.1) is 5.82 Å². The molecule has 3 amide bonds. The first-order valence-electron chi connectivity index (χ1n) is 8.82. The molecule has 152 valence electrons. The van der Waals surface area contributed by atoms with Crippen molar-refractivity contribution in [2.45, 2.75) is 42.7 Å². The second kappa shape index (κ2) is 8.23. The van der Waals surface area contributed by atoms with Gasteiger partial charge in [-0.05, 0) is 37.8 Å². The van der Waals surface area contributed by atoms with Crippen LogP contribution in [0.15, 0.2) is 29.2 Å². The zero-order chi connectivity index (χ0) is 20.3. The molecule has 2 fully saturated rings. The SMILES string of the molecule is O=C(COC(=O)[C@@H]1CCCN1S(=O)(=O)c1ccccc1F)NC(=O)NC1CC1. The Morgan fingerprint density at radius 2 is 1.89 bits per heavy atom. The zero-order valence-electron chi connectivity index (χ0n) is 14.9. The Morgan fingerprint density at radius 1 is 1.18 bits per heavy atom. The summed E-state index contributed by atoms with van der Waals surface area (Å²) in [5.41, 5.74) is 0. The summed E-state index contributed by atoms with van der Waals surface area (Å²) in [6.45, 7) is -0.687. The minimum absolute atomic E-state index is 0.0342. The van der Waals surface area contributed by atoms with Crippen LogP contribution in [-0.2, 0) is 24.3 Å². The average molecular weight is 413 g/mol. The first-order chi connectivity index (χ1) is 13.3. The van der Waals surface area contributed by atoms with Gasteiger partial charge in [-0.2, -0.15) is 4.31 Å². The van der Waals surface area contributed by atoms with E-state index in [1.807, 2.05) is 5.32 Å². The smallest absolute Gasteiger partial charge is 0.324 e. The Morgan fingerprint density at radius 3 is 2.57 bits per heavy atom. The number of imide groups is 1. The number of amides is 3. The van der Waals surface area contributed by atoms with Crippen molar-refractivity contribution in [2.24, 2.45) is 0 Å². The van der Waals surface area contributed by atoms with Crippen LogP contribution in [0.2, 0.25) is 0 Å². The van der Waals surface area contributed by atoms with Gasteiger partial charge in [0.1, 0.15) is 16.8 Å². The Hall–Kier alpha value is -2.53. The quantitative estimate of drug-likeness (QED) is 0.656. The number of nitrogens with zero attached hydrogens (tertiary/aromatic N) is 1. The standard InChI is InChI=1S/C17H20FN3O6S/c18-12-4-1-2-6-14(12)28(25,26)21-9-3-5-13(21)16(23)27-10-15(22)20-17(24)19-11-7-8-11/h1-2,4,6,11,13H,3,5,7-10H2,(H2,19,20,22,24)/t13-/m0/s1. The van der Waals surface area contributed by atoms with E-state index in [1.54, 1.807) is 0 Å². The number of nitrogens with one attached hydrogen (secondary N) is 2. The van der Waals surface area contributed by atoms with E-state index in [2.05, 4.69) is 5.32 Å². The highest BCUT2D eigenvalue weighted by Gasteiger charge is 2.41. The normalized spacial score (nSPS) is 19.8. The van der Waals surface area contributed by atoms with Gasteiger partial charge in [-0.25, -0.2) is 17.6 Å². The van der Waals surface area contributed by atoms with E-state index in [9.17, 15) is 27.2 Å². The summed E-state index contributed by atoms with van der Waals surface area (Å²) in [5, 5.41) is 4.57. The molecule has 1 atom stereocenters. The molecule has 1 saturated heterocycles. The molecule has 3 rings (SSSR count). The average Bonchev–Trinajstić information content (AvgIpc) is 3.30. The molecule has 0 radical (unpaired) electrons. The number of rotatable bonds is 6. The van der Waals surface area contributed by atoms with Crippen molar-refractivity contribution < 1.29 is 31.9 Å². The molecule has 0 unspecified atom stereocenters. The van der Waals surface area contributed by atoms with Gasteiger partial charge in [0.15, 0.2) is 6.61 Å². The minimum Gasteiger partial charge on any atom is -0.454 e. The van der Waals surface area contributed by atoms with Crippen LogP contribution in [0.5, 0.6) is 0 Å². The van der Waals surface area contributed by atoms with Gasteiger partial charge < -0.3 is 10.1 Å². The fourth-order valence-corrected chi connectivity index (χ4v) is 4.60. The summed E-state index contributed by atoms with van der Waals surface area (Å²) in [4.78, 5) is 34.9. The number of urea groups is 1. The van der Waals surface area contributed by atoms with E-state index in [-0.39, 0.29) is 19.0 Å². The van der Waals surface area contributed by atoms with Crippen LogP contribution < -0.4 is 10.6 Å². The van der Waals surface area contributed by atoms with Gasteiger partial charge in [0, 0.05) is 12.6 Å². The van der Waals surface area contributed by atoms with E-state index >= 15 is 0 Å². The van der Waals surface area contributed by atoms with Crippen molar-refractivity contribution in [3.05, 3.63) is 30.1 Å². The van der Waals surface area contributed by atoms with Gasteiger partial charge in [0.25, 0.3) is 5.91 Å². The van der Waals surface area contributed by atoms with Crippen LogP contribution in [0.4, 0.5) is 9.18 Å². The van der Waals surface area contributed by atoms with Crippen LogP contribution >= 0.6 is 0 Å². The summed E-state index contributed by atoms with van der Waals surface area (Å²) in [6.07, 6.45) is 2.29. The molecule has 1 heterocycles. The number of ether oxygens (including phenoxy) is 1. The molecule has 9 nitrogen and oxygen atoms in total. The maximum absolute atomic E-state index is 13.9. The molecule has 1 saturated carbocycles. The fourth-order valence-electron chi connectivity index (χ4n) is 2.89. The summed E-state index contributed by atoms with van der Waals surface area (Å²) < 4.78 is 45.1. The monoisotopic (exact) mass is 413 g/mol. The van der Waals surface area contributed by atoms with Crippen molar-refractivity contribution in [1.29, 1.82) is 0 Å². The van der Waals surface area contributed by atoms with E-state index in [0.717, 1.165) is 29.3 Å². The van der Waals surface area contributed by atoms with Gasteiger partial charge in [-0.3, -0.25) is 14.9 Å². The predicted octanol–water partition coefficient (Wildman–Crippen LogP) is 0.510. The topological polar surface area (TPSA) is 122 Å². The molecule has 28 heavy (non-hydrogen) atoms. The summed E-state index contributed by atoms with van der Waals surface area (Å²) in [5.74, 6) is -2.66. The van der Waals surface area contributed by atoms with Crippen LogP contribution in [-0.4, -0.2) is 55.9 Å². The van der Waals surface area contributed by atoms with E-state index in [1.165, 1.54) is 12.1 Å². The Labute approximate surface area is 161 Å². The number of sulfonamides is 1. The lowest BCUT2D eigenvalue weighted by Gasteiger charge is -2.22. The summed E-state index contributed by atoms with van der Waals surface area (Å²) >= 11 is 0. The van der Waals surface area contributed by atoms with Gasteiger partial charge in [0.2, 0.25) is 10.0 Å². The number of halogens is 1. The first-order valence-corrected chi connectivity index (χ1v) is 10.3. The molecular weight excluding hydrogens is 393 g/mol. The number of hydrogen-bond acceptors (Lipinski definition) is 6. The van der Waals surface area contributed by atoms with Gasteiger partial charge >= 0.3 is 12.0 Å². The number of carbonyl (C=O) groups is 3. The Balaban J connectivity index is 1.59. The molecule has 1 aromatic carbocycles. The lowest BCUT2D eigenvalue weighted by atomic mass is 10.2. The Bertz CT molecular complexity index is 887. The third kappa shape index (κ3) is 4.65. The Kier molecular flexibility index (Phi) is 5.94. The van der Waals surface area contributed by atoms with Crippen molar-refractivity contribution in [1.82, 2.24) is 14.9 Å². The second-order valence-corrected chi connectivity index (χ2v) is 8.47. The maximum atomic E-state index is 13.9. The zero-order valence-corrected chi connectivity index (χ0v) is 15.7. The van der Waals surface area contributed by atoms with Crippen molar-refractivity contribution in [3.8, 4) is 0 Å². The number of carbonyl (C=O) groups excluding carboxylic acids is 3. The van der Waals surface area contributed by atoms with Crippen molar-refractivity contribution in [2.75, 3.05) is 13.2 Å². The molecule has 1 aliphatic heterocycles. The van der Waals surface area contributed by atoms with E-state index in [0.29, 0.717) is 6.42 Å². The van der Waals surface area contributed by atoms with Gasteiger partial charge in [-0.15, -0.1) is 0 Å². The predicted molar refractivity (Wildman–Crippen MR) is 94.0 cm³/mol. The third-order valence-electron chi connectivity index (χ3n) is 4.41. The van der Waals surface area contributed by atoms with E-state index < -0.39 is 51.3 Å². The first kappa shape index (κ1) is 20.2. The second-order valence-electron chi connectivity index (χ2n) is 6.61. The molecule has 11 heteroatoms. The highest BCUT2D eigenvalue weighted by Crippen LogP contribution is 2.28. The van der Waals surface area contributed by atoms with Gasteiger partial charge in [-0.1, -0.05) is 12.1 Å². The van der Waals surface area contributed by atoms with Crippen LogP contribution in [0.25, 0.3) is 0 Å². The summed E-state index contributed by atoms with van der Waals surface area (Å²) in [6, 6.07) is 3.13. The highest BCUT2D eigenvalue weighted by molar-refractivity contribution is 7.89. The summed E-state index contributed by atoms with van der Waals surface area (Å²) in [7, 11) is -4.23. The molecule has 1 aliphatic carbocycles. The molecule has 0 spiro atoms. The molecule has 2 N–H and O–H groups in total. The molecule has 1 aromatic rings. The highest BCUT2D eigenvalue weighted by atomic mass is 32.2. The molecule has 0 aromatic heterocycles. The number of esters is 1. The fraction of sp³-hybridized carbons (Fsp3) is 0.471. The van der Waals surface area contributed by atoms with Crippen LogP contribution in [0.1, 0.15) is 25.7 Å². The van der Waals surface area contributed by atoms with Crippen LogP contribution in [0.3, 0.4) is 0 Å². The molecular formula is C17H20FN3O6S. The number of benzene rings is 1.